The van der Waals surface area contributed by atoms with Crippen LogP contribution >= 0.6 is 0 Å². The Hall–Kier alpha value is -0.870. The molecule has 6 nitrogen and oxygen atoms in total. The Morgan fingerprint density at radius 2 is 1.86 bits per heavy atom. The number of piperidine rings is 1. The van der Waals surface area contributed by atoms with E-state index in [2.05, 4.69) is 0 Å². The zero-order valence-corrected chi connectivity index (χ0v) is 12.9. The van der Waals surface area contributed by atoms with Gasteiger partial charge in [0, 0.05) is 25.7 Å². The molecule has 0 aliphatic carbocycles. The second kappa shape index (κ2) is 5.97. The molecular formula is C12H19F3N2O4S. The molecule has 2 aliphatic heterocycles. The Morgan fingerprint density at radius 3 is 2.32 bits per heavy atom. The monoisotopic (exact) mass is 344 g/mol. The summed E-state index contributed by atoms with van der Waals surface area (Å²) in [5, 5.41) is 8.96. The maximum atomic E-state index is 13.0. The number of rotatable bonds is 3. The molecule has 2 rings (SSSR count). The number of hydrogen-bond donors (Lipinski definition) is 1. The van der Waals surface area contributed by atoms with Gasteiger partial charge in [0.2, 0.25) is 0 Å². The van der Waals surface area contributed by atoms with E-state index in [-0.39, 0.29) is 12.6 Å². The van der Waals surface area contributed by atoms with E-state index < -0.39 is 47.3 Å². The standard InChI is InChI=1S/C12H19F3N2O4S/c1-8-4-2-3-5-17(8)22(20,21)16-6-9(11(18)19)10(7-16)12(13,14)15/h8-10H,2-7H2,1H3,(H,18,19)/t8?,9-,10-/m1/s1. The lowest BCUT2D eigenvalue weighted by molar-refractivity contribution is -0.187. The number of alkyl halides is 3. The largest absolute Gasteiger partial charge is 0.481 e. The number of carboxylic acids is 1. The molecular weight excluding hydrogens is 325 g/mol. The van der Waals surface area contributed by atoms with Gasteiger partial charge in [-0.1, -0.05) is 6.42 Å². The Kier molecular flexibility index (Phi) is 4.74. The molecule has 0 amide bonds. The number of aliphatic carboxylic acids is 1. The highest BCUT2D eigenvalue weighted by molar-refractivity contribution is 7.86. The zero-order valence-electron chi connectivity index (χ0n) is 12.1. The Bertz CT molecular complexity index is 537. The summed E-state index contributed by atoms with van der Waals surface area (Å²) < 4.78 is 65.8. The molecule has 2 heterocycles. The van der Waals surface area contributed by atoms with Crippen LogP contribution in [0.3, 0.4) is 0 Å². The molecule has 3 atom stereocenters. The predicted octanol–water partition coefficient (Wildman–Crippen LogP) is 1.30. The van der Waals surface area contributed by atoms with Gasteiger partial charge in [0.05, 0.1) is 11.8 Å². The molecule has 1 N–H and O–H groups in total. The van der Waals surface area contributed by atoms with Crippen LogP contribution in [0.1, 0.15) is 26.2 Å². The molecule has 0 saturated carbocycles. The average molecular weight is 344 g/mol. The SMILES string of the molecule is CC1CCCCN1S(=O)(=O)N1C[C@@H](C(F)(F)F)[C@H](C(=O)O)C1. The molecule has 10 heteroatoms. The van der Waals surface area contributed by atoms with Crippen LogP contribution in [-0.4, -0.2) is 60.0 Å². The molecule has 1 unspecified atom stereocenters. The number of hydrogen-bond acceptors (Lipinski definition) is 3. The second-order valence-electron chi connectivity index (χ2n) is 5.87. The fourth-order valence-corrected chi connectivity index (χ4v) is 5.02. The van der Waals surface area contributed by atoms with E-state index in [0.717, 1.165) is 6.42 Å². The summed E-state index contributed by atoms with van der Waals surface area (Å²) >= 11 is 0. The molecule has 0 radical (unpaired) electrons. The minimum absolute atomic E-state index is 0.258. The summed E-state index contributed by atoms with van der Waals surface area (Å²) in [6, 6.07) is -0.285. The maximum Gasteiger partial charge on any atom is 0.393 e. The molecule has 2 saturated heterocycles. The van der Waals surface area contributed by atoms with Gasteiger partial charge in [-0.15, -0.1) is 0 Å². The minimum atomic E-state index is -4.74. The number of carbonyl (C=O) groups is 1. The quantitative estimate of drug-likeness (QED) is 0.837. The first-order valence-corrected chi connectivity index (χ1v) is 8.51. The van der Waals surface area contributed by atoms with Crippen LogP contribution in [0, 0.1) is 11.8 Å². The molecule has 0 bridgehead atoms. The van der Waals surface area contributed by atoms with Crippen LogP contribution in [0.2, 0.25) is 0 Å². The summed E-state index contributed by atoms with van der Waals surface area (Å²) in [7, 11) is -4.07. The molecule has 0 aromatic rings. The van der Waals surface area contributed by atoms with Crippen LogP contribution < -0.4 is 0 Å². The third-order valence-electron chi connectivity index (χ3n) is 4.39. The second-order valence-corrected chi connectivity index (χ2v) is 7.75. The van der Waals surface area contributed by atoms with E-state index in [1.807, 2.05) is 0 Å². The Morgan fingerprint density at radius 1 is 1.23 bits per heavy atom. The fourth-order valence-electron chi connectivity index (χ4n) is 3.10. The molecule has 2 aliphatic rings. The zero-order chi connectivity index (χ0) is 16.7. The maximum absolute atomic E-state index is 13.0. The highest BCUT2D eigenvalue weighted by Gasteiger charge is 2.55. The van der Waals surface area contributed by atoms with Crippen molar-refractivity contribution >= 4 is 16.2 Å². The van der Waals surface area contributed by atoms with Crippen LogP contribution in [0.15, 0.2) is 0 Å². The molecule has 128 valence electrons. The van der Waals surface area contributed by atoms with E-state index in [9.17, 15) is 26.4 Å². The summed E-state index contributed by atoms with van der Waals surface area (Å²) in [5.74, 6) is -5.54. The van der Waals surface area contributed by atoms with Gasteiger partial charge < -0.3 is 5.11 Å². The number of nitrogens with zero attached hydrogens (tertiary/aromatic N) is 2. The van der Waals surface area contributed by atoms with E-state index in [0.29, 0.717) is 17.1 Å². The average Bonchev–Trinajstić information content (AvgIpc) is 2.84. The lowest BCUT2D eigenvalue weighted by Gasteiger charge is -2.35. The van der Waals surface area contributed by atoms with E-state index in [1.165, 1.54) is 4.31 Å². The van der Waals surface area contributed by atoms with Gasteiger partial charge in [0.1, 0.15) is 0 Å². The number of carboxylic acid groups (broad SMARTS) is 1. The summed E-state index contributed by atoms with van der Waals surface area (Å²) in [5.41, 5.74) is 0. The van der Waals surface area contributed by atoms with E-state index in [1.54, 1.807) is 6.92 Å². The van der Waals surface area contributed by atoms with Crippen LogP contribution in [0.25, 0.3) is 0 Å². The van der Waals surface area contributed by atoms with Crippen LogP contribution in [-0.2, 0) is 15.0 Å². The van der Waals surface area contributed by atoms with Crippen LogP contribution in [0.4, 0.5) is 13.2 Å². The first-order chi connectivity index (χ1) is 10.0. The van der Waals surface area contributed by atoms with Gasteiger partial charge in [0.25, 0.3) is 10.2 Å². The van der Waals surface area contributed by atoms with E-state index in [4.69, 9.17) is 5.11 Å². The third-order valence-corrected chi connectivity index (χ3v) is 6.47. The predicted molar refractivity (Wildman–Crippen MR) is 71.2 cm³/mol. The van der Waals surface area contributed by atoms with Gasteiger partial charge >= 0.3 is 12.1 Å². The molecule has 2 fully saturated rings. The first kappa shape index (κ1) is 17.5. The highest BCUT2D eigenvalue weighted by atomic mass is 32.2. The third kappa shape index (κ3) is 3.23. The molecule has 0 spiro atoms. The summed E-state index contributed by atoms with van der Waals surface area (Å²) in [4.78, 5) is 11.0. The minimum Gasteiger partial charge on any atom is -0.481 e. The van der Waals surface area contributed by atoms with Gasteiger partial charge in [-0.3, -0.25) is 4.79 Å². The van der Waals surface area contributed by atoms with Gasteiger partial charge in [0.15, 0.2) is 0 Å². The van der Waals surface area contributed by atoms with Gasteiger partial charge in [-0.2, -0.15) is 30.2 Å². The fraction of sp³-hybridized carbons (Fsp3) is 0.917. The van der Waals surface area contributed by atoms with Crippen molar-refractivity contribution in [2.45, 2.75) is 38.4 Å². The van der Waals surface area contributed by atoms with Crippen molar-refractivity contribution < 1.29 is 31.5 Å². The Balaban J connectivity index is 2.24. The summed E-state index contributed by atoms with van der Waals surface area (Å²) in [6.45, 7) is 0.508. The van der Waals surface area contributed by atoms with Crippen molar-refractivity contribution in [2.75, 3.05) is 19.6 Å². The normalized spacial score (nSPS) is 32.3. The topological polar surface area (TPSA) is 77.9 Å². The van der Waals surface area contributed by atoms with Crippen molar-refractivity contribution in [1.29, 1.82) is 0 Å². The smallest absolute Gasteiger partial charge is 0.393 e. The lowest BCUT2D eigenvalue weighted by Crippen LogP contribution is -2.49. The molecule has 22 heavy (non-hydrogen) atoms. The van der Waals surface area contributed by atoms with Crippen molar-refractivity contribution in [1.82, 2.24) is 8.61 Å². The van der Waals surface area contributed by atoms with Crippen molar-refractivity contribution in [2.24, 2.45) is 11.8 Å². The Labute approximate surface area is 127 Å². The lowest BCUT2D eigenvalue weighted by atomic mass is 9.96. The van der Waals surface area contributed by atoms with Gasteiger partial charge in [-0.05, 0) is 19.8 Å². The van der Waals surface area contributed by atoms with E-state index >= 15 is 0 Å². The van der Waals surface area contributed by atoms with Crippen LogP contribution in [0.5, 0.6) is 0 Å². The summed E-state index contributed by atoms with van der Waals surface area (Å²) in [6.07, 6.45) is -2.56. The molecule has 0 aromatic heterocycles. The van der Waals surface area contributed by atoms with Crippen molar-refractivity contribution in [3.63, 3.8) is 0 Å². The van der Waals surface area contributed by atoms with Crippen molar-refractivity contribution in [3.8, 4) is 0 Å². The number of halogens is 3. The first-order valence-electron chi connectivity index (χ1n) is 7.11. The molecule has 0 aromatic carbocycles. The highest BCUT2D eigenvalue weighted by Crippen LogP contribution is 2.39. The van der Waals surface area contributed by atoms with Crippen molar-refractivity contribution in [3.05, 3.63) is 0 Å². The van der Waals surface area contributed by atoms with Gasteiger partial charge in [-0.25, -0.2) is 0 Å².